The predicted octanol–water partition coefficient (Wildman–Crippen LogP) is 5.15. The molecule has 0 saturated heterocycles. The lowest BCUT2D eigenvalue weighted by Crippen LogP contribution is -2.38. The molecule has 162 valence electrons. The Balaban J connectivity index is 1.61. The van der Waals surface area contributed by atoms with E-state index in [1.165, 1.54) is 12.0 Å². The first-order chi connectivity index (χ1) is 15.5. The Morgan fingerprint density at radius 2 is 1.84 bits per heavy atom. The summed E-state index contributed by atoms with van der Waals surface area (Å²) in [5.41, 5.74) is 4.09. The molecule has 0 fully saturated rings. The minimum absolute atomic E-state index is 0.0926. The second kappa shape index (κ2) is 9.24. The number of aryl methyl sites for hydroxylation is 1. The second-order valence-electron chi connectivity index (χ2n) is 7.42. The number of benzene rings is 3. The molecule has 4 rings (SSSR count). The average Bonchev–Trinajstić information content (AvgIpc) is 2.93. The molecule has 0 saturated carbocycles. The van der Waals surface area contributed by atoms with E-state index in [9.17, 15) is 9.59 Å². The molecule has 0 radical (unpaired) electrons. The summed E-state index contributed by atoms with van der Waals surface area (Å²) in [6, 6.07) is 20.3. The van der Waals surface area contributed by atoms with Crippen LogP contribution in [0.2, 0.25) is 5.02 Å². The number of anilines is 2. The number of nitrogens with zero attached hydrogens (tertiary/aromatic N) is 2. The van der Waals surface area contributed by atoms with Crippen molar-refractivity contribution in [2.75, 3.05) is 23.9 Å². The Hall–Kier alpha value is -3.64. The number of hydrogen-bond donors (Lipinski definition) is 1. The number of carbonyl (C=O) groups is 2. The van der Waals surface area contributed by atoms with Crippen molar-refractivity contribution in [2.24, 2.45) is 4.99 Å². The molecule has 0 bridgehead atoms. The molecule has 6 nitrogen and oxygen atoms in total. The van der Waals surface area contributed by atoms with E-state index in [1.54, 1.807) is 18.2 Å². The van der Waals surface area contributed by atoms with Gasteiger partial charge >= 0.3 is 0 Å². The third-order valence-corrected chi connectivity index (χ3v) is 5.62. The molecule has 2 amide bonds. The van der Waals surface area contributed by atoms with Crippen molar-refractivity contribution in [3.05, 3.63) is 82.9 Å². The normalized spacial score (nSPS) is 13.2. The van der Waals surface area contributed by atoms with Crippen LogP contribution in [-0.2, 0) is 9.59 Å². The van der Waals surface area contributed by atoms with Gasteiger partial charge in [0.15, 0.2) is 0 Å². The van der Waals surface area contributed by atoms with E-state index < -0.39 is 0 Å². The van der Waals surface area contributed by atoms with Gasteiger partial charge in [0, 0.05) is 11.1 Å². The molecule has 0 aromatic heterocycles. The summed E-state index contributed by atoms with van der Waals surface area (Å²) in [6.07, 6.45) is 0.0926. The van der Waals surface area contributed by atoms with Crippen molar-refractivity contribution >= 4 is 46.2 Å². The lowest BCUT2D eigenvalue weighted by Gasteiger charge is -2.22. The van der Waals surface area contributed by atoms with Crippen LogP contribution in [0.15, 0.2) is 71.7 Å². The zero-order chi connectivity index (χ0) is 22.7. The number of carbonyl (C=O) groups excluding carboxylic acids is 2. The topological polar surface area (TPSA) is 71.0 Å². The summed E-state index contributed by atoms with van der Waals surface area (Å²) in [4.78, 5) is 32.3. The van der Waals surface area contributed by atoms with Gasteiger partial charge in [-0.2, -0.15) is 0 Å². The Morgan fingerprint density at radius 1 is 1.12 bits per heavy atom. The third kappa shape index (κ3) is 4.50. The summed E-state index contributed by atoms with van der Waals surface area (Å²) in [5.74, 6) is -0.102. The van der Waals surface area contributed by atoms with Crippen molar-refractivity contribution in [3.63, 3.8) is 0 Å². The molecular weight excluding hydrogens is 426 g/mol. The van der Waals surface area contributed by atoms with Gasteiger partial charge in [-0.1, -0.05) is 54.1 Å². The highest BCUT2D eigenvalue weighted by molar-refractivity contribution is 6.31. The van der Waals surface area contributed by atoms with E-state index in [0.29, 0.717) is 33.5 Å². The molecule has 32 heavy (non-hydrogen) atoms. The Bertz CT molecular complexity index is 1210. The van der Waals surface area contributed by atoms with Crippen LogP contribution in [0.4, 0.5) is 17.1 Å². The molecule has 1 N–H and O–H groups in total. The van der Waals surface area contributed by atoms with Gasteiger partial charge in [0.1, 0.15) is 12.3 Å². The van der Waals surface area contributed by atoms with Crippen molar-refractivity contribution < 1.29 is 14.3 Å². The molecule has 7 heteroatoms. The van der Waals surface area contributed by atoms with Gasteiger partial charge in [0.05, 0.1) is 36.3 Å². The molecule has 1 heterocycles. The molecule has 0 unspecified atom stereocenters. The molecule has 0 spiro atoms. The molecule has 0 atom stereocenters. The van der Waals surface area contributed by atoms with Gasteiger partial charge < -0.3 is 15.0 Å². The Labute approximate surface area is 191 Å². The van der Waals surface area contributed by atoms with E-state index in [-0.39, 0.29) is 24.8 Å². The Morgan fingerprint density at radius 3 is 2.59 bits per heavy atom. The highest BCUT2D eigenvalue weighted by Gasteiger charge is 2.27. The van der Waals surface area contributed by atoms with Crippen molar-refractivity contribution in [3.8, 4) is 5.75 Å². The van der Waals surface area contributed by atoms with Crippen LogP contribution in [0.3, 0.4) is 0 Å². The van der Waals surface area contributed by atoms with E-state index in [1.807, 2.05) is 55.5 Å². The van der Waals surface area contributed by atoms with Gasteiger partial charge in [-0.15, -0.1) is 0 Å². The molecular formula is C25H22ClN3O3. The Kier molecular flexibility index (Phi) is 6.23. The monoisotopic (exact) mass is 447 g/mol. The van der Waals surface area contributed by atoms with Gasteiger partial charge in [0.25, 0.3) is 0 Å². The maximum atomic E-state index is 13.2. The maximum Gasteiger partial charge on any atom is 0.244 e. The molecule has 1 aliphatic rings. The summed E-state index contributed by atoms with van der Waals surface area (Å²) in [7, 11) is 1.51. The number of hydrogen-bond acceptors (Lipinski definition) is 4. The average molecular weight is 448 g/mol. The van der Waals surface area contributed by atoms with Crippen molar-refractivity contribution in [1.82, 2.24) is 0 Å². The standard InChI is InChI=1S/C25H22ClN3O3/c1-16-12-21(23(32-2)13-18(16)26)28-24(30)15-29-22-11-7-6-10-19(22)27-20(14-25(29)31)17-8-4-3-5-9-17/h3-13H,14-15H2,1-2H3,(H,28,30). The highest BCUT2D eigenvalue weighted by Crippen LogP contribution is 2.34. The van der Waals surface area contributed by atoms with E-state index in [2.05, 4.69) is 5.32 Å². The fraction of sp³-hybridized carbons (Fsp3) is 0.160. The summed E-state index contributed by atoms with van der Waals surface area (Å²) in [6.45, 7) is 1.69. The first kappa shape index (κ1) is 21.6. The van der Waals surface area contributed by atoms with Crippen molar-refractivity contribution in [1.29, 1.82) is 0 Å². The van der Waals surface area contributed by atoms with Gasteiger partial charge in [-0.05, 0) is 36.2 Å². The first-order valence-electron chi connectivity index (χ1n) is 10.1. The number of methoxy groups -OCH3 is 1. The minimum atomic E-state index is -0.351. The smallest absolute Gasteiger partial charge is 0.244 e. The fourth-order valence-corrected chi connectivity index (χ4v) is 3.73. The largest absolute Gasteiger partial charge is 0.495 e. The number of fused-ring (bicyclic) bond motifs is 1. The van der Waals surface area contributed by atoms with Crippen LogP contribution in [0.5, 0.6) is 5.75 Å². The predicted molar refractivity (Wildman–Crippen MR) is 127 cm³/mol. The first-order valence-corrected chi connectivity index (χ1v) is 10.5. The van der Waals surface area contributed by atoms with Gasteiger partial charge in [-0.3, -0.25) is 14.6 Å². The maximum absolute atomic E-state index is 13.2. The van der Waals surface area contributed by atoms with E-state index >= 15 is 0 Å². The fourth-order valence-electron chi connectivity index (χ4n) is 3.58. The lowest BCUT2D eigenvalue weighted by molar-refractivity contribution is -0.120. The zero-order valence-corrected chi connectivity index (χ0v) is 18.5. The summed E-state index contributed by atoms with van der Waals surface area (Å²) >= 11 is 6.16. The summed E-state index contributed by atoms with van der Waals surface area (Å²) in [5, 5.41) is 3.38. The van der Waals surface area contributed by atoms with Crippen LogP contribution in [0, 0.1) is 6.92 Å². The molecule has 3 aromatic rings. The number of para-hydroxylation sites is 2. The van der Waals surface area contributed by atoms with Crippen LogP contribution in [0.1, 0.15) is 17.5 Å². The third-order valence-electron chi connectivity index (χ3n) is 5.21. The zero-order valence-electron chi connectivity index (χ0n) is 17.8. The van der Waals surface area contributed by atoms with Crippen LogP contribution >= 0.6 is 11.6 Å². The minimum Gasteiger partial charge on any atom is -0.495 e. The lowest BCUT2D eigenvalue weighted by atomic mass is 10.1. The van der Waals surface area contributed by atoms with E-state index in [0.717, 1.165) is 11.1 Å². The van der Waals surface area contributed by atoms with Gasteiger partial charge in [0.2, 0.25) is 11.8 Å². The quantitative estimate of drug-likeness (QED) is 0.587. The molecule has 1 aliphatic heterocycles. The number of halogens is 1. The van der Waals surface area contributed by atoms with Crippen LogP contribution in [0.25, 0.3) is 0 Å². The van der Waals surface area contributed by atoms with E-state index in [4.69, 9.17) is 21.3 Å². The van der Waals surface area contributed by atoms with Crippen molar-refractivity contribution in [2.45, 2.75) is 13.3 Å². The number of aliphatic imine (C=N–C) groups is 1. The molecule has 3 aromatic carbocycles. The number of amides is 2. The number of ether oxygens (including phenoxy) is 1. The second-order valence-corrected chi connectivity index (χ2v) is 7.83. The molecule has 0 aliphatic carbocycles. The van der Waals surface area contributed by atoms with Crippen LogP contribution in [-0.4, -0.2) is 31.2 Å². The summed E-state index contributed by atoms with van der Waals surface area (Å²) < 4.78 is 5.33. The van der Waals surface area contributed by atoms with Gasteiger partial charge in [-0.25, -0.2) is 0 Å². The highest BCUT2D eigenvalue weighted by atomic mass is 35.5. The number of nitrogens with one attached hydrogen (secondary N) is 1. The van der Waals surface area contributed by atoms with Crippen LogP contribution < -0.4 is 15.0 Å². The SMILES string of the molecule is COc1cc(Cl)c(C)cc1NC(=O)CN1C(=O)CC(c2ccccc2)=Nc2ccccc21. The number of rotatable bonds is 5.